The van der Waals surface area contributed by atoms with Crippen LogP contribution in [0.25, 0.3) is 0 Å². The first-order valence-electron chi connectivity index (χ1n) is 13.0. The molecule has 0 bridgehead atoms. The Balaban J connectivity index is 1.09. The summed E-state index contributed by atoms with van der Waals surface area (Å²) in [6, 6.07) is -2.42. The summed E-state index contributed by atoms with van der Waals surface area (Å²) >= 11 is 0. The molecule has 20 nitrogen and oxygen atoms in total. The predicted molar refractivity (Wildman–Crippen MR) is 118 cm³/mol. The Labute approximate surface area is 224 Å². The molecule has 40 heavy (non-hydrogen) atoms. The van der Waals surface area contributed by atoms with Crippen molar-refractivity contribution in [1.29, 1.82) is 0 Å². The van der Waals surface area contributed by atoms with Crippen LogP contribution < -0.4 is 0 Å². The summed E-state index contributed by atoms with van der Waals surface area (Å²) in [4.78, 5) is 99.4. The molecule has 0 saturated carbocycles. The highest BCUT2D eigenvalue weighted by atomic mass is 16.5. The van der Waals surface area contributed by atoms with Gasteiger partial charge in [-0.15, -0.1) is 0 Å². The summed E-state index contributed by atoms with van der Waals surface area (Å²) in [5.41, 5.74) is 0. The molecule has 0 radical (unpaired) electrons. The van der Waals surface area contributed by atoms with Gasteiger partial charge in [-0.25, -0.2) is 28.8 Å². The fraction of sp³-hybridized carbons (Fsp3) is 0.700. The lowest BCUT2D eigenvalue weighted by atomic mass is 10.3. The van der Waals surface area contributed by atoms with Crippen LogP contribution in [0.15, 0.2) is 0 Å². The summed E-state index contributed by atoms with van der Waals surface area (Å²) in [5, 5.41) is 0. The van der Waals surface area contributed by atoms with Gasteiger partial charge in [0.2, 0.25) is 0 Å². The van der Waals surface area contributed by atoms with E-state index in [1.165, 1.54) is 58.8 Å². The van der Waals surface area contributed by atoms with E-state index in [9.17, 15) is 28.8 Å². The van der Waals surface area contributed by atoms with E-state index in [1.807, 2.05) is 0 Å². The van der Waals surface area contributed by atoms with Crippen LogP contribution in [0.1, 0.15) is 0 Å². The molecule has 10 heterocycles. The second-order valence-electron chi connectivity index (χ2n) is 11.3. The van der Waals surface area contributed by atoms with E-state index in [1.54, 1.807) is 0 Å². The molecule has 210 valence electrons. The minimum atomic E-state index is -0.853. The van der Waals surface area contributed by atoms with Crippen molar-refractivity contribution in [3.05, 3.63) is 0 Å². The van der Waals surface area contributed by atoms with Crippen LogP contribution in [0.5, 0.6) is 0 Å². The number of ether oxygens (including phenoxy) is 2. The number of carbonyl (C=O) groups is 6. The lowest BCUT2D eigenvalue weighted by Gasteiger charge is -2.41. The molecule has 0 spiro atoms. The van der Waals surface area contributed by atoms with E-state index in [0.717, 1.165) is 0 Å². The first-order valence-corrected chi connectivity index (χ1v) is 13.0. The number of rotatable bonds is 0. The van der Waals surface area contributed by atoms with Crippen LogP contribution in [0.3, 0.4) is 0 Å². The first-order chi connectivity index (χ1) is 19.4. The average Bonchev–Trinajstić information content (AvgIpc) is 3.68. The van der Waals surface area contributed by atoms with Crippen LogP contribution in [0, 0.1) is 0 Å². The van der Waals surface area contributed by atoms with Gasteiger partial charge in [0.15, 0.2) is 37.0 Å². The Morgan fingerprint density at radius 1 is 0.325 bits per heavy atom. The first kappa shape index (κ1) is 21.4. The van der Waals surface area contributed by atoms with E-state index in [-0.39, 0.29) is 77.7 Å². The summed E-state index contributed by atoms with van der Waals surface area (Å²) in [6.07, 6.45) is -4.35. The fourth-order valence-electron chi connectivity index (χ4n) is 8.10. The topological polar surface area (TPSA) is 160 Å². The van der Waals surface area contributed by atoms with Gasteiger partial charge in [0.05, 0.1) is 0 Å². The lowest BCUT2D eigenvalue weighted by Crippen LogP contribution is -2.62. The van der Waals surface area contributed by atoms with Crippen LogP contribution >= 0.6 is 0 Å². The Hall–Kier alpha value is -4.46. The minimum Gasteiger partial charge on any atom is -0.340 e. The highest BCUT2D eigenvalue weighted by molar-refractivity contribution is 5.91. The highest BCUT2D eigenvalue weighted by Gasteiger charge is 2.70. The molecule has 10 fully saturated rings. The van der Waals surface area contributed by atoms with E-state index in [0.29, 0.717) is 0 Å². The van der Waals surface area contributed by atoms with Gasteiger partial charge in [-0.05, 0) is 0 Å². The molecule has 0 aliphatic carbocycles. The van der Waals surface area contributed by atoms with Crippen molar-refractivity contribution in [2.75, 3.05) is 53.6 Å². The number of urea groups is 6. The number of carbonyl (C=O) groups excluding carboxylic acids is 6. The molecule has 10 aliphatic heterocycles. The summed E-state index contributed by atoms with van der Waals surface area (Å²) in [7, 11) is 0. The maximum Gasteiger partial charge on any atom is 0.326 e. The van der Waals surface area contributed by atoms with Crippen LogP contribution in [0.4, 0.5) is 28.8 Å². The molecule has 10 aliphatic rings. The van der Waals surface area contributed by atoms with Gasteiger partial charge < -0.3 is 9.47 Å². The molecule has 0 atom stereocenters. The average molecular weight is 558 g/mol. The Morgan fingerprint density at radius 3 is 0.725 bits per heavy atom. The molecule has 10 saturated heterocycles. The Bertz CT molecular complexity index is 1180. The number of nitrogens with zero attached hydrogens (tertiary/aromatic N) is 12. The predicted octanol–water partition coefficient (Wildman–Crippen LogP) is -2.88. The lowest BCUT2D eigenvalue weighted by molar-refractivity contribution is -0.0922. The van der Waals surface area contributed by atoms with Gasteiger partial charge in [-0.1, -0.05) is 0 Å². The SMILES string of the molecule is O=C1N2COCN3C(=O)N4CN5C(=O)N6CN7C(=O)N8COCN9C(=O)N(CN%10C(=O)N(CN1C4C23)C5C%106)C7C98. The normalized spacial score (nSPS) is 38.7. The highest BCUT2D eigenvalue weighted by Crippen LogP contribution is 2.46. The largest absolute Gasteiger partial charge is 0.340 e. The van der Waals surface area contributed by atoms with Gasteiger partial charge in [0, 0.05) is 0 Å². The minimum absolute atomic E-state index is 0.0113. The van der Waals surface area contributed by atoms with E-state index >= 15 is 0 Å². The van der Waals surface area contributed by atoms with Crippen LogP contribution in [-0.4, -0.2) is 186 Å². The second kappa shape index (κ2) is 6.46. The van der Waals surface area contributed by atoms with E-state index in [4.69, 9.17) is 9.47 Å². The quantitative estimate of drug-likeness (QED) is 0.307. The summed E-state index contributed by atoms with van der Waals surface area (Å²) in [5.74, 6) is 0. The van der Waals surface area contributed by atoms with Crippen molar-refractivity contribution >= 4 is 36.2 Å². The maximum absolute atomic E-state index is 14.1. The fourth-order valence-corrected chi connectivity index (χ4v) is 8.10. The Morgan fingerprint density at radius 2 is 0.500 bits per heavy atom. The van der Waals surface area contributed by atoms with Gasteiger partial charge in [-0.2, -0.15) is 0 Å². The number of hydrogen-bond acceptors (Lipinski definition) is 8. The molecule has 0 N–H and O–H groups in total. The van der Waals surface area contributed by atoms with Crippen molar-refractivity contribution in [2.24, 2.45) is 0 Å². The smallest absolute Gasteiger partial charge is 0.326 e. The third kappa shape index (κ3) is 2.05. The number of hydrogen-bond donors (Lipinski definition) is 0. The van der Waals surface area contributed by atoms with Crippen LogP contribution in [-0.2, 0) is 9.47 Å². The van der Waals surface area contributed by atoms with Gasteiger partial charge in [0.25, 0.3) is 0 Å². The summed E-state index contributed by atoms with van der Waals surface area (Å²) < 4.78 is 11.0. The second-order valence-corrected chi connectivity index (χ2v) is 11.3. The molecule has 0 aromatic carbocycles. The molecule has 0 unspecified atom stereocenters. The number of amides is 12. The van der Waals surface area contributed by atoms with Crippen molar-refractivity contribution in [3.8, 4) is 0 Å². The van der Waals surface area contributed by atoms with E-state index < -0.39 is 49.1 Å². The molecule has 12 amide bonds. The molecule has 10 rings (SSSR count). The third-order valence-electron chi connectivity index (χ3n) is 9.72. The molecular weight excluding hydrogens is 536 g/mol. The van der Waals surface area contributed by atoms with Crippen molar-refractivity contribution in [3.63, 3.8) is 0 Å². The zero-order chi connectivity index (χ0) is 26.9. The molecular formula is C20H22N12O8. The monoisotopic (exact) mass is 558 g/mol. The zero-order valence-electron chi connectivity index (χ0n) is 20.8. The zero-order valence-corrected chi connectivity index (χ0v) is 20.8. The van der Waals surface area contributed by atoms with Gasteiger partial charge in [-0.3, -0.25) is 58.8 Å². The van der Waals surface area contributed by atoms with Gasteiger partial charge >= 0.3 is 36.2 Å². The van der Waals surface area contributed by atoms with Crippen molar-refractivity contribution < 1.29 is 38.2 Å². The van der Waals surface area contributed by atoms with Gasteiger partial charge in [0.1, 0.15) is 53.6 Å². The third-order valence-corrected chi connectivity index (χ3v) is 9.72. The summed E-state index contributed by atoms with van der Waals surface area (Å²) in [6.45, 7) is -0.627. The standard InChI is InChI=1S/C20H22N12O8/c33-15-21-1-25-11-13-29(17(25)35)5-39-6-30(13)18(36)26(11)2-22-9(21)10-23(15)3-27-12-14-31(19(27)37)7-40-8-32(14)20(38)28(12)4-24(10)16(22)34/h9-14H,1-8H2. The molecule has 0 aromatic heterocycles. The van der Waals surface area contributed by atoms with Crippen molar-refractivity contribution in [1.82, 2.24) is 58.8 Å². The Kier molecular flexibility index (Phi) is 3.45. The van der Waals surface area contributed by atoms with Crippen LogP contribution in [0.2, 0.25) is 0 Å². The molecule has 20 heteroatoms. The molecule has 0 aromatic rings. The van der Waals surface area contributed by atoms with E-state index in [2.05, 4.69) is 0 Å². The maximum atomic E-state index is 14.1. The van der Waals surface area contributed by atoms with Crippen molar-refractivity contribution in [2.45, 2.75) is 37.0 Å².